The highest BCUT2D eigenvalue weighted by Gasteiger charge is 2.21. The zero-order chi connectivity index (χ0) is 16.1. The van der Waals surface area contributed by atoms with E-state index in [2.05, 4.69) is 5.16 Å². The predicted molar refractivity (Wildman–Crippen MR) is 84.7 cm³/mol. The van der Waals surface area contributed by atoms with E-state index in [9.17, 15) is 9.59 Å². The molecule has 2 aromatic heterocycles. The predicted octanol–water partition coefficient (Wildman–Crippen LogP) is 2.34. The number of rotatable bonds is 6. The molecule has 0 bridgehead atoms. The van der Waals surface area contributed by atoms with Gasteiger partial charge in [0.05, 0.1) is 11.4 Å². The number of amides is 2. The minimum absolute atomic E-state index is 0.0295. The zero-order valence-corrected chi connectivity index (χ0v) is 13.7. The third-order valence-electron chi connectivity index (χ3n) is 3.33. The van der Waals surface area contributed by atoms with Gasteiger partial charge in [-0.2, -0.15) is 0 Å². The maximum Gasteiger partial charge on any atom is 0.276 e. The Balaban J connectivity index is 2.03. The van der Waals surface area contributed by atoms with Crippen LogP contribution in [0, 0.1) is 0 Å². The summed E-state index contributed by atoms with van der Waals surface area (Å²) in [5.41, 5.74) is 0.207. The molecule has 7 heteroatoms. The maximum absolute atomic E-state index is 12.3. The Kier molecular flexibility index (Phi) is 5.32. The van der Waals surface area contributed by atoms with Crippen molar-refractivity contribution in [3.63, 3.8) is 0 Å². The minimum Gasteiger partial charge on any atom is -0.355 e. The van der Waals surface area contributed by atoms with Gasteiger partial charge in [-0.25, -0.2) is 0 Å². The summed E-state index contributed by atoms with van der Waals surface area (Å²) in [5, 5.41) is 5.73. The number of nitrogens with zero attached hydrogens (tertiary/aromatic N) is 3. The first-order valence-corrected chi connectivity index (χ1v) is 7.98. The molecule has 0 saturated heterocycles. The van der Waals surface area contributed by atoms with Crippen molar-refractivity contribution in [3.8, 4) is 10.6 Å². The molecule has 0 saturated carbocycles. The van der Waals surface area contributed by atoms with Crippen molar-refractivity contribution in [1.29, 1.82) is 0 Å². The van der Waals surface area contributed by atoms with Gasteiger partial charge in [0, 0.05) is 26.2 Å². The average Bonchev–Trinajstić information content (AvgIpc) is 3.18. The molecule has 0 spiro atoms. The summed E-state index contributed by atoms with van der Waals surface area (Å²) in [4.78, 5) is 28.3. The molecule has 0 N–H and O–H groups in total. The highest BCUT2D eigenvalue weighted by atomic mass is 32.1. The number of hydrogen-bond donors (Lipinski definition) is 0. The van der Waals surface area contributed by atoms with Gasteiger partial charge in [0.25, 0.3) is 5.91 Å². The summed E-state index contributed by atoms with van der Waals surface area (Å²) in [7, 11) is 1.59. The quantitative estimate of drug-likeness (QED) is 0.819. The standard InChI is InChI=1S/C15H19N3O3S/c1-4-18(5-2)14(19)10-17(3)15(20)11-9-12(21-16-11)13-7-6-8-22-13/h6-9H,4-5,10H2,1-3H3. The second-order valence-electron chi connectivity index (χ2n) is 4.78. The number of hydrogen-bond acceptors (Lipinski definition) is 5. The van der Waals surface area contributed by atoms with Gasteiger partial charge >= 0.3 is 0 Å². The van der Waals surface area contributed by atoms with Crippen LogP contribution in [0.4, 0.5) is 0 Å². The number of likely N-dealkylation sites (N-methyl/N-ethyl adjacent to an activating group) is 2. The van der Waals surface area contributed by atoms with Gasteiger partial charge in [-0.15, -0.1) is 11.3 Å². The fraction of sp³-hybridized carbons (Fsp3) is 0.400. The maximum atomic E-state index is 12.3. The Morgan fingerprint density at radius 2 is 2.05 bits per heavy atom. The topological polar surface area (TPSA) is 66.7 Å². The molecule has 0 aromatic carbocycles. The fourth-order valence-electron chi connectivity index (χ4n) is 2.06. The van der Waals surface area contributed by atoms with Crippen molar-refractivity contribution in [3.05, 3.63) is 29.3 Å². The van der Waals surface area contributed by atoms with E-state index >= 15 is 0 Å². The van der Waals surface area contributed by atoms with E-state index in [0.29, 0.717) is 18.8 Å². The van der Waals surface area contributed by atoms with Crippen LogP contribution in [0.2, 0.25) is 0 Å². The van der Waals surface area contributed by atoms with Crippen molar-refractivity contribution >= 4 is 23.2 Å². The molecule has 22 heavy (non-hydrogen) atoms. The smallest absolute Gasteiger partial charge is 0.276 e. The summed E-state index contributed by atoms with van der Waals surface area (Å²) < 4.78 is 5.19. The van der Waals surface area contributed by atoms with Crippen LogP contribution in [0.3, 0.4) is 0 Å². The summed E-state index contributed by atoms with van der Waals surface area (Å²) in [6, 6.07) is 5.40. The number of carbonyl (C=O) groups is 2. The second kappa shape index (κ2) is 7.22. The Bertz CT molecular complexity index is 632. The molecule has 0 radical (unpaired) electrons. The van der Waals surface area contributed by atoms with E-state index in [1.165, 1.54) is 16.2 Å². The van der Waals surface area contributed by atoms with E-state index in [1.54, 1.807) is 18.0 Å². The molecule has 2 heterocycles. The van der Waals surface area contributed by atoms with Crippen LogP contribution in [0.25, 0.3) is 10.6 Å². The van der Waals surface area contributed by atoms with Gasteiger partial charge in [-0.1, -0.05) is 11.2 Å². The molecule has 0 aliphatic carbocycles. The van der Waals surface area contributed by atoms with Crippen molar-refractivity contribution in [2.45, 2.75) is 13.8 Å². The molecule has 118 valence electrons. The van der Waals surface area contributed by atoms with Crippen molar-refractivity contribution in [1.82, 2.24) is 15.0 Å². The summed E-state index contributed by atoms with van der Waals surface area (Å²) in [6.45, 7) is 5.11. The first-order valence-electron chi connectivity index (χ1n) is 7.10. The second-order valence-corrected chi connectivity index (χ2v) is 5.73. The molecule has 0 aliphatic heterocycles. The highest BCUT2D eigenvalue weighted by molar-refractivity contribution is 7.13. The Labute approximate surface area is 133 Å². The Hall–Kier alpha value is -2.15. The molecule has 0 fully saturated rings. The molecular formula is C15H19N3O3S. The van der Waals surface area contributed by atoms with Crippen LogP contribution >= 0.6 is 11.3 Å². The van der Waals surface area contributed by atoms with E-state index in [1.807, 2.05) is 31.4 Å². The van der Waals surface area contributed by atoms with Gasteiger partial charge in [-0.3, -0.25) is 9.59 Å². The number of aromatic nitrogens is 1. The summed E-state index contributed by atoms with van der Waals surface area (Å²) >= 11 is 1.51. The van der Waals surface area contributed by atoms with Crippen molar-refractivity contribution in [2.75, 3.05) is 26.7 Å². The zero-order valence-electron chi connectivity index (χ0n) is 12.9. The lowest BCUT2D eigenvalue weighted by molar-refractivity contribution is -0.131. The molecule has 2 amide bonds. The lowest BCUT2D eigenvalue weighted by Gasteiger charge is -2.22. The van der Waals surface area contributed by atoms with Crippen LogP contribution in [0.1, 0.15) is 24.3 Å². The van der Waals surface area contributed by atoms with Crippen LogP contribution in [-0.2, 0) is 4.79 Å². The molecule has 0 aliphatic rings. The SMILES string of the molecule is CCN(CC)C(=O)CN(C)C(=O)c1cc(-c2cccs2)on1. The van der Waals surface area contributed by atoms with Crippen LogP contribution in [-0.4, -0.2) is 53.5 Å². The third-order valence-corrected chi connectivity index (χ3v) is 4.21. The Morgan fingerprint density at radius 3 is 2.64 bits per heavy atom. The van der Waals surface area contributed by atoms with Gasteiger partial charge in [0.1, 0.15) is 0 Å². The summed E-state index contributed by atoms with van der Waals surface area (Å²) in [5.74, 6) is 0.150. The first-order chi connectivity index (χ1) is 10.6. The van der Waals surface area contributed by atoms with Gasteiger partial charge in [0.15, 0.2) is 11.5 Å². The molecular weight excluding hydrogens is 302 g/mol. The van der Waals surface area contributed by atoms with E-state index < -0.39 is 0 Å². The number of carbonyl (C=O) groups excluding carboxylic acids is 2. The van der Waals surface area contributed by atoms with Gasteiger partial charge < -0.3 is 14.3 Å². The van der Waals surface area contributed by atoms with Crippen molar-refractivity contribution in [2.24, 2.45) is 0 Å². The van der Waals surface area contributed by atoms with Crippen LogP contribution in [0.5, 0.6) is 0 Å². The largest absolute Gasteiger partial charge is 0.355 e. The molecule has 0 unspecified atom stereocenters. The van der Waals surface area contributed by atoms with E-state index in [0.717, 1.165) is 4.88 Å². The van der Waals surface area contributed by atoms with E-state index in [4.69, 9.17) is 4.52 Å². The molecule has 2 aromatic rings. The van der Waals surface area contributed by atoms with Gasteiger partial charge in [0.2, 0.25) is 5.91 Å². The van der Waals surface area contributed by atoms with Crippen molar-refractivity contribution < 1.29 is 14.1 Å². The molecule has 6 nitrogen and oxygen atoms in total. The third kappa shape index (κ3) is 3.54. The van der Waals surface area contributed by atoms with E-state index in [-0.39, 0.29) is 24.1 Å². The minimum atomic E-state index is -0.327. The lowest BCUT2D eigenvalue weighted by Crippen LogP contribution is -2.41. The summed E-state index contributed by atoms with van der Waals surface area (Å²) in [6.07, 6.45) is 0. The highest BCUT2D eigenvalue weighted by Crippen LogP contribution is 2.25. The number of thiophene rings is 1. The lowest BCUT2D eigenvalue weighted by atomic mass is 10.3. The van der Waals surface area contributed by atoms with Crippen LogP contribution < -0.4 is 0 Å². The van der Waals surface area contributed by atoms with Gasteiger partial charge in [-0.05, 0) is 25.3 Å². The first kappa shape index (κ1) is 16.2. The average molecular weight is 321 g/mol. The fourth-order valence-corrected chi connectivity index (χ4v) is 2.73. The van der Waals surface area contributed by atoms with Crippen LogP contribution in [0.15, 0.2) is 28.1 Å². The molecule has 0 atom stereocenters. The monoisotopic (exact) mass is 321 g/mol. The molecule has 2 rings (SSSR count). The normalized spacial score (nSPS) is 10.5. The Morgan fingerprint density at radius 1 is 1.32 bits per heavy atom.